The van der Waals surface area contributed by atoms with E-state index in [9.17, 15) is 14.7 Å². The largest absolute Gasteiger partial charge is 0.394 e. The lowest BCUT2D eigenvalue weighted by Crippen LogP contribution is -2.29. The fourth-order valence-electron chi connectivity index (χ4n) is 3.05. The fraction of sp³-hybridized carbons (Fsp3) is 0.250. The number of nitrogens with one attached hydrogen (secondary N) is 2. The molecule has 1 aromatic carbocycles. The van der Waals surface area contributed by atoms with E-state index >= 15 is 0 Å². The zero-order valence-corrected chi connectivity index (χ0v) is 15.6. The number of carbonyl (C=O) groups is 1. The van der Waals surface area contributed by atoms with Crippen molar-refractivity contribution >= 4 is 29.7 Å². The molecule has 0 spiro atoms. The van der Waals surface area contributed by atoms with Crippen LogP contribution in [0.25, 0.3) is 12.2 Å². The van der Waals surface area contributed by atoms with Gasteiger partial charge in [-0.3, -0.25) is 9.88 Å². The lowest BCUT2D eigenvalue weighted by Gasteiger charge is -2.15. The molecule has 3 rings (SSSR count). The zero-order chi connectivity index (χ0) is 21.0. The molecule has 152 valence electrons. The number of hydrogen-bond acceptors (Lipinski definition) is 6. The molecule has 2 heterocycles. The number of aliphatic hydroxyl groups excluding tert-OH is 2. The van der Waals surface area contributed by atoms with E-state index < -0.39 is 30.2 Å². The van der Waals surface area contributed by atoms with E-state index in [4.69, 9.17) is 9.84 Å². The molecule has 1 aliphatic heterocycles. The quantitative estimate of drug-likeness (QED) is 0.588. The number of urea groups is 1. The Labute approximate surface area is 167 Å². The molecule has 1 aliphatic rings. The Balaban J connectivity index is 1.67. The lowest BCUT2D eigenvalue weighted by molar-refractivity contribution is -0.0458. The molecule has 1 fully saturated rings. The number of carbonyl (C=O) groups excluding carboxylic acids is 1. The third kappa shape index (κ3) is 4.60. The first-order valence-electron chi connectivity index (χ1n) is 8.95. The molecule has 2 unspecified atom stereocenters. The smallest absolute Gasteiger partial charge is 0.351 e. The second kappa shape index (κ2) is 8.82. The van der Waals surface area contributed by atoms with E-state index in [0.717, 1.165) is 11.1 Å². The van der Waals surface area contributed by atoms with Gasteiger partial charge in [0, 0.05) is 18.3 Å². The van der Waals surface area contributed by atoms with Gasteiger partial charge < -0.3 is 20.3 Å². The van der Waals surface area contributed by atoms with Gasteiger partial charge in [-0.25, -0.2) is 9.59 Å². The van der Waals surface area contributed by atoms with Crippen LogP contribution in [0.1, 0.15) is 23.8 Å². The van der Waals surface area contributed by atoms with Crippen LogP contribution >= 0.6 is 0 Å². The third-order valence-corrected chi connectivity index (χ3v) is 4.55. The number of ether oxygens (including phenoxy) is 1. The number of aromatic nitrogens is 2. The third-order valence-electron chi connectivity index (χ3n) is 4.55. The van der Waals surface area contributed by atoms with Gasteiger partial charge in [0.05, 0.1) is 12.7 Å². The maximum atomic E-state index is 12.3. The van der Waals surface area contributed by atoms with Crippen LogP contribution in [-0.4, -0.2) is 44.6 Å². The summed E-state index contributed by atoms with van der Waals surface area (Å²) >= 11 is 0. The number of amides is 2. The van der Waals surface area contributed by atoms with Gasteiger partial charge in [-0.05, 0) is 29.3 Å². The summed E-state index contributed by atoms with van der Waals surface area (Å²) in [6, 6.07) is 6.14. The monoisotopic (exact) mass is 398 g/mol. The molecule has 1 aromatic heterocycles. The maximum absolute atomic E-state index is 12.3. The highest BCUT2D eigenvalue weighted by Gasteiger charge is 2.34. The number of anilines is 2. The summed E-state index contributed by atoms with van der Waals surface area (Å²) in [5, 5.41) is 24.1. The number of benzene rings is 1. The standard InChI is InChI=1S/C20H22N4O5/c1-3-12-5-6-14(9-13(12)4-2)21-19(27)22-17-7-8-24(20(28)23-17)18-10-15(26)16(11-25)29-18/h3-9,15-16,18,25-26H,1-2,10-11H2,(H2,21,22,23,27,28)/t15-,16?,18?/m1/s1. The SMILES string of the molecule is C=Cc1ccc(NC(=O)Nc2ccn(C3C[C@@H](O)C(CO)O3)c(=O)n2)cc1C=C. The number of hydrogen-bond donors (Lipinski definition) is 4. The van der Waals surface area contributed by atoms with Crippen molar-refractivity contribution < 1.29 is 19.7 Å². The summed E-state index contributed by atoms with van der Waals surface area (Å²) in [6.45, 7) is 7.10. The highest BCUT2D eigenvalue weighted by Crippen LogP contribution is 2.27. The van der Waals surface area contributed by atoms with Gasteiger partial charge in [-0.15, -0.1) is 0 Å². The fourth-order valence-corrected chi connectivity index (χ4v) is 3.05. The zero-order valence-electron chi connectivity index (χ0n) is 15.6. The normalized spacial score (nSPS) is 20.8. The Morgan fingerprint density at radius 2 is 2.03 bits per heavy atom. The molecule has 1 saturated heterocycles. The van der Waals surface area contributed by atoms with Crippen LogP contribution in [-0.2, 0) is 4.74 Å². The lowest BCUT2D eigenvalue weighted by atomic mass is 10.1. The van der Waals surface area contributed by atoms with Crippen molar-refractivity contribution in [2.45, 2.75) is 24.9 Å². The molecule has 0 bridgehead atoms. The highest BCUT2D eigenvalue weighted by atomic mass is 16.5. The summed E-state index contributed by atoms with van der Waals surface area (Å²) in [5.74, 6) is 0.0626. The average molecular weight is 398 g/mol. The summed E-state index contributed by atoms with van der Waals surface area (Å²) in [5.41, 5.74) is 1.60. The molecule has 2 aromatic rings. The minimum Gasteiger partial charge on any atom is -0.394 e. The van der Waals surface area contributed by atoms with E-state index in [-0.39, 0.29) is 18.8 Å². The predicted molar refractivity (Wildman–Crippen MR) is 109 cm³/mol. The first kappa shape index (κ1) is 20.5. The molecule has 0 radical (unpaired) electrons. The van der Waals surface area contributed by atoms with E-state index in [0.29, 0.717) is 5.69 Å². The second-order valence-corrected chi connectivity index (χ2v) is 6.45. The molecule has 3 atom stereocenters. The van der Waals surface area contributed by atoms with Crippen molar-refractivity contribution in [3.05, 3.63) is 65.2 Å². The highest BCUT2D eigenvalue weighted by molar-refractivity contribution is 5.99. The Morgan fingerprint density at radius 1 is 1.28 bits per heavy atom. The molecule has 29 heavy (non-hydrogen) atoms. The van der Waals surface area contributed by atoms with Gasteiger partial charge in [0.25, 0.3) is 0 Å². The average Bonchev–Trinajstić information content (AvgIpc) is 3.08. The van der Waals surface area contributed by atoms with Crippen LogP contribution in [0.5, 0.6) is 0 Å². The molecular formula is C20H22N4O5. The van der Waals surface area contributed by atoms with Gasteiger partial charge in [-0.2, -0.15) is 4.98 Å². The van der Waals surface area contributed by atoms with E-state index in [2.05, 4.69) is 28.8 Å². The molecule has 0 aliphatic carbocycles. The molecule has 9 heteroatoms. The summed E-state index contributed by atoms with van der Waals surface area (Å²) in [7, 11) is 0. The molecular weight excluding hydrogens is 376 g/mol. The molecule has 2 amide bonds. The first-order valence-corrected chi connectivity index (χ1v) is 8.95. The van der Waals surface area contributed by atoms with Crippen molar-refractivity contribution in [2.24, 2.45) is 0 Å². The minimum atomic E-state index is -0.867. The van der Waals surface area contributed by atoms with Crippen LogP contribution in [0.4, 0.5) is 16.3 Å². The number of aliphatic hydroxyl groups is 2. The van der Waals surface area contributed by atoms with Crippen LogP contribution in [0.2, 0.25) is 0 Å². The number of nitrogens with zero attached hydrogens (tertiary/aromatic N) is 2. The van der Waals surface area contributed by atoms with Crippen molar-refractivity contribution in [2.75, 3.05) is 17.2 Å². The Hall–Kier alpha value is -3.27. The van der Waals surface area contributed by atoms with Crippen LogP contribution in [0.3, 0.4) is 0 Å². The summed E-state index contributed by atoms with van der Waals surface area (Å²) < 4.78 is 6.64. The van der Waals surface area contributed by atoms with E-state index in [1.54, 1.807) is 30.4 Å². The van der Waals surface area contributed by atoms with Gasteiger partial charge >= 0.3 is 11.7 Å². The van der Waals surface area contributed by atoms with E-state index in [1.807, 2.05) is 0 Å². The Bertz CT molecular complexity index is 987. The predicted octanol–water partition coefficient (Wildman–Crippen LogP) is 1.81. The van der Waals surface area contributed by atoms with Crippen molar-refractivity contribution in [1.29, 1.82) is 0 Å². The van der Waals surface area contributed by atoms with Gasteiger partial charge in [-0.1, -0.05) is 31.4 Å². The maximum Gasteiger partial charge on any atom is 0.351 e. The van der Waals surface area contributed by atoms with Crippen LogP contribution in [0.15, 0.2) is 48.4 Å². The van der Waals surface area contributed by atoms with E-state index in [1.165, 1.54) is 16.8 Å². The summed E-state index contributed by atoms with van der Waals surface area (Å²) in [4.78, 5) is 28.3. The Morgan fingerprint density at radius 3 is 2.66 bits per heavy atom. The topological polar surface area (TPSA) is 126 Å². The van der Waals surface area contributed by atoms with Gasteiger partial charge in [0.15, 0.2) is 0 Å². The second-order valence-electron chi connectivity index (χ2n) is 6.45. The Kier molecular flexibility index (Phi) is 6.23. The number of rotatable bonds is 6. The molecule has 4 N–H and O–H groups in total. The first-order chi connectivity index (χ1) is 13.9. The van der Waals surface area contributed by atoms with Gasteiger partial charge in [0.2, 0.25) is 0 Å². The van der Waals surface area contributed by atoms with Gasteiger partial charge in [0.1, 0.15) is 18.1 Å². The summed E-state index contributed by atoms with van der Waals surface area (Å²) in [6.07, 6.45) is 2.58. The van der Waals surface area contributed by atoms with Crippen LogP contribution in [0, 0.1) is 0 Å². The molecule has 0 saturated carbocycles. The van der Waals surface area contributed by atoms with Crippen molar-refractivity contribution in [1.82, 2.24) is 9.55 Å². The van der Waals surface area contributed by atoms with Crippen molar-refractivity contribution in [3.8, 4) is 0 Å². The van der Waals surface area contributed by atoms with Crippen molar-refractivity contribution in [3.63, 3.8) is 0 Å². The van der Waals surface area contributed by atoms with Crippen LogP contribution < -0.4 is 16.3 Å². The minimum absolute atomic E-state index is 0.0626. The molecule has 9 nitrogen and oxygen atoms in total.